The van der Waals surface area contributed by atoms with Crippen molar-refractivity contribution in [1.29, 1.82) is 0 Å². The molecule has 2 heterocycles. The molecule has 1 aliphatic rings. The van der Waals surface area contributed by atoms with Crippen LogP contribution in [0.15, 0.2) is 34.6 Å². The monoisotopic (exact) mass is 336 g/mol. The van der Waals surface area contributed by atoms with Gasteiger partial charge in [0.05, 0.1) is 18.6 Å². The molecule has 0 saturated carbocycles. The van der Waals surface area contributed by atoms with E-state index in [1.54, 1.807) is 6.26 Å². The molecule has 0 aliphatic carbocycles. The van der Waals surface area contributed by atoms with E-state index in [0.717, 1.165) is 11.5 Å². The number of ether oxygens (including phenoxy) is 1. The van der Waals surface area contributed by atoms with Gasteiger partial charge in [-0.3, -0.25) is 0 Å². The molecule has 4 heteroatoms. The van der Waals surface area contributed by atoms with Crippen molar-refractivity contribution < 1.29 is 13.6 Å². The minimum atomic E-state index is -1.93. The van der Waals surface area contributed by atoms with Crippen LogP contribution < -0.4 is 0 Å². The zero-order chi connectivity index (χ0) is 17.2. The van der Waals surface area contributed by atoms with Gasteiger partial charge in [-0.2, -0.15) is 0 Å². The minimum Gasteiger partial charge on any atom is -0.546 e. The van der Waals surface area contributed by atoms with E-state index in [1.807, 2.05) is 12.1 Å². The SMILES string of the molecule is CC(C)[Si](OC1=CCO[C@H](c2ccco2)[C@H]1C)(C(C)C)C(C)C. The van der Waals surface area contributed by atoms with E-state index in [2.05, 4.69) is 54.5 Å². The Morgan fingerprint density at radius 3 is 2.17 bits per heavy atom. The van der Waals surface area contributed by atoms with E-state index in [-0.39, 0.29) is 12.0 Å². The van der Waals surface area contributed by atoms with Gasteiger partial charge in [-0.15, -0.1) is 0 Å². The number of furan rings is 1. The maximum Gasteiger partial charge on any atom is 0.258 e. The third kappa shape index (κ3) is 3.43. The lowest BCUT2D eigenvalue weighted by Crippen LogP contribution is -2.48. The summed E-state index contributed by atoms with van der Waals surface area (Å²) in [6.45, 7) is 16.7. The highest BCUT2D eigenvalue weighted by Crippen LogP contribution is 2.46. The van der Waals surface area contributed by atoms with Gasteiger partial charge in [-0.05, 0) is 34.8 Å². The molecule has 1 aromatic heterocycles. The van der Waals surface area contributed by atoms with Crippen LogP contribution in [-0.2, 0) is 9.16 Å². The second kappa shape index (κ2) is 7.26. The molecule has 0 radical (unpaired) electrons. The van der Waals surface area contributed by atoms with Crippen LogP contribution in [0.1, 0.15) is 60.3 Å². The average Bonchev–Trinajstić information content (AvgIpc) is 2.99. The van der Waals surface area contributed by atoms with Gasteiger partial charge in [-0.25, -0.2) is 0 Å². The molecule has 1 aromatic rings. The highest BCUT2D eigenvalue weighted by molar-refractivity contribution is 6.77. The van der Waals surface area contributed by atoms with Crippen LogP contribution in [0.2, 0.25) is 16.6 Å². The van der Waals surface area contributed by atoms with Crippen molar-refractivity contribution in [3.63, 3.8) is 0 Å². The maximum absolute atomic E-state index is 6.88. The maximum atomic E-state index is 6.88. The predicted octanol–water partition coefficient (Wildman–Crippen LogP) is 6.06. The number of hydrogen-bond donors (Lipinski definition) is 0. The Morgan fingerprint density at radius 1 is 1.09 bits per heavy atom. The van der Waals surface area contributed by atoms with Gasteiger partial charge in [0.1, 0.15) is 11.9 Å². The molecule has 0 amide bonds. The van der Waals surface area contributed by atoms with E-state index < -0.39 is 8.32 Å². The third-order valence-corrected chi connectivity index (χ3v) is 11.3. The molecular weight excluding hydrogens is 304 g/mol. The summed E-state index contributed by atoms with van der Waals surface area (Å²) in [6.07, 6.45) is 3.78. The smallest absolute Gasteiger partial charge is 0.258 e. The molecule has 0 aromatic carbocycles. The molecule has 23 heavy (non-hydrogen) atoms. The zero-order valence-electron chi connectivity index (χ0n) is 15.6. The van der Waals surface area contributed by atoms with Crippen molar-refractivity contribution in [2.24, 2.45) is 5.92 Å². The summed E-state index contributed by atoms with van der Waals surface area (Å²) in [5.41, 5.74) is 1.71. The van der Waals surface area contributed by atoms with Crippen molar-refractivity contribution in [3.05, 3.63) is 36.0 Å². The lowest BCUT2D eigenvalue weighted by molar-refractivity contribution is 0.00167. The standard InChI is InChI=1S/C19H32O3Si/c1-13(2)23(14(3)4,15(5)6)22-17-10-12-21-19(16(17)7)18-9-8-11-20-18/h8-11,13-16,19H,12H2,1-7H3/t16-,19-/m0/s1. The van der Waals surface area contributed by atoms with Crippen molar-refractivity contribution in [2.45, 2.75) is 71.2 Å². The molecule has 2 rings (SSSR count). The lowest BCUT2D eigenvalue weighted by atomic mass is 9.98. The topological polar surface area (TPSA) is 31.6 Å². The van der Waals surface area contributed by atoms with Gasteiger partial charge in [0.25, 0.3) is 8.32 Å². The second-order valence-corrected chi connectivity index (χ2v) is 13.0. The Balaban J connectivity index is 2.28. The van der Waals surface area contributed by atoms with Crippen molar-refractivity contribution in [2.75, 3.05) is 6.61 Å². The summed E-state index contributed by atoms with van der Waals surface area (Å²) in [5, 5.41) is 0. The fourth-order valence-electron chi connectivity index (χ4n) is 4.19. The molecule has 0 saturated heterocycles. The quantitative estimate of drug-likeness (QED) is 0.591. The number of rotatable bonds is 6. The normalized spacial score (nSPS) is 22.8. The van der Waals surface area contributed by atoms with Gasteiger partial charge in [-0.1, -0.05) is 48.5 Å². The molecule has 0 N–H and O–H groups in total. The summed E-state index contributed by atoms with van der Waals surface area (Å²) in [6, 6.07) is 3.90. The molecule has 0 fully saturated rings. The van der Waals surface area contributed by atoms with Crippen LogP contribution >= 0.6 is 0 Å². The van der Waals surface area contributed by atoms with E-state index in [4.69, 9.17) is 13.6 Å². The Hall–Kier alpha value is -1.00. The highest BCUT2D eigenvalue weighted by Gasteiger charge is 2.48. The van der Waals surface area contributed by atoms with Crippen LogP contribution in [0.4, 0.5) is 0 Å². The van der Waals surface area contributed by atoms with Gasteiger partial charge in [0.2, 0.25) is 0 Å². The lowest BCUT2D eigenvalue weighted by Gasteiger charge is -2.45. The van der Waals surface area contributed by atoms with Gasteiger partial charge >= 0.3 is 0 Å². The first-order chi connectivity index (χ1) is 10.8. The highest BCUT2D eigenvalue weighted by atomic mass is 28.4. The summed E-state index contributed by atoms with van der Waals surface area (Å²) < 4.78 is 18.4. The largest absolute Gasteiger partial charge is 0.546 e. The first kappa shape index (κ1) is 18.3. The molecule has 1 aliphatic heterocycles. The number of hydrogen-bond acceptors (Lipinski definition) is 3. The van der Waals surface area contributed by atoms with Crippen molar-refractivity contribution in [1.82, 2.24) is 0 Å². The van der Waals surface area contributed by atoms with Crippen LogP contribution in [0, 0.1) is 5.92 Å². The van der Waals surface area contributed by atoms with E-state index in [9.17, 15) is 0 Å². The van der Waals surface area contributed by atoms with E-state index >= 15 is 0 Å². The van der Waals surface area contributed by atoms with Crippen LogP contribution in [0.3, 0.4) is 0 Å². The summed E-state index contributed by atoms with van der Waals surface area (Å²) in [5.74, 6) is 2.16. The van der Waals surface area contributed by atoms with Gasteiger partial charge < -0.3 is 13.6 Å². The summed E-state index contributed by atoms with van der Waals surface area (Å²) >= 11 is 0. The first-order valence-electron chi connectivity index (χ1n) is 8.84. The van der Waals surface area contributed by atoms with E-state index in [1.165, 1.54) is 0 Å². The van der Waals surface area contributed by atoms with Gasteiger partial charge in [0, 0.05) is 5.92 Å². The molecule has 2 atom stereocenters. The van der Waals surface area contributed by atoms with Gasteiger partial charge in [0.15, 0.2) is 0 Å². The fourth-order valence-corrected chi connectivity index (χ4v) is 9.57. The Labute approximate surface area is 142 Å². The summed E-state index contributed by atoms with van der Waals surface area (Å²) in [4.78, 5) is 0. The average molecular weight is 337 g/mol. The molecule has 130 valence electrons. The van der Waals surface area contributed by atoms with Crippen LogP contribution in [-0.4, -0.2) is 14.9 Å². The molecule has 0 unspecified atom stereocenters. The van der Waals surface area contributed by atoms with Crippen molar-refractivity contribution in [3.8, 4) is 0 Å². The molecule has 0 bridgehead atoms. The fraction of sp³-hybridized carbons (Fsp3) is 0.684. The van der Waals surface area contributed by atoms with Crippen LogP contribution in [0.5, 0.6) is 0 Å². The zero-order valence-corrected chi connectivity index (χ0v) is 16.6. The first-order valence-corrected chi connectivity index (χ1v) is 11.0. The second-order valence-electron chi connectivity index (χ2n) is 7.58. The molecule has 3 nitrogen and oxygen atoms in total. The minimum absolute atomic E-state index is 0.0526. The van der Waals surface area contributed by atoms with Crippen molar-refractivity contribution >= 4 is 8.32 Å². The summed E-state index contributed by atoms with van der Waals surface area (Å²) in [7, 11) is -1.93. The predicted molar refractivity (Wildman–Crippen MR) is 96.8 cm³/mol. The van der Waals surface area contributed by atoms with E-state index in [0.29, 0.717) is 23.2 Å². The molecule has 0 spiro atoms. The van der Waals surface area contributed by atoms with Crippen LogP contribution in [0.25, 0.3) is 0 Å². The Kier molecular flexibility index (Phi) is 5.79. The third-order valence-electron chi connectivity index (χ3n) is 5.29. The Bertz CT molecular complexity index is 495. The Morgan fingerprint density at radius 2 is 1.70 bits per heavy atom. The molecular formula is C19H32O3Si.